The van der Waals surface area contributed by atoms with E-state index in [1.165, 1.54) is 217 Å². The predicted octanol–water partition coefficient (Wildman–Crippen LogP) is 19.6. The van der Waals surface area contributed by atoms with E-state index in [1.54, 1.807) is 6.42 Å². The fourth-order valence-corrected chi connectivity index (χ4v) is 21.3. The first-order valence-corrected chi connectivity index (χ1v) is 29.2. The first kappa shape index (κ1) is 50.9. The van der Waals surface area contributed by atoms with Gasteiger partial charge in [0.05, 0.1) is 0 Å². The maximum Gasteiger partial charge on any atom is -0.0193 e. The number of unbranched alkanes of at least 4 members (excludes halogenated alkanes) is 4. The maximum atomic E-state index is 2.71. The molecule has 12 fully saturated rings. The molecule has 5 unspecified atom stereocenters. The fraction of sp³-hybridized carbons (Fsp3) is 1.00. The third kappa shape index (κ3) is 6.66. The lowest BCUT2D eigenvalue weighted by Gasteiger charge is -3.08. The summed E-state index contributed by atoms with van der Waals surface area (Å²) in [5.74, 6) is 21.3. The lowest BCUT2D eigenvalue weighted by atomic mass is 8.96. The molecule has 5 atom stereocenters. The highest BCUT2D eigenvalue weighted by Gasteiger charge is 3.03. The molecule has 0 heterocycles. The molecule has 0 spiro atoms. The second kappa shape index (κ2) is 17.8. The van der Waals surface area contributed by atoms with E-state index in [4.69, 9.17) is 0 Å². The van der Waals surface area contributed by atoms with Gasteiger partial charge in [0, 0.05) is 0 Å². The lowest BCUT2D eigenvalue weighted by Crippen LogP contribution is -3.05. The SMILES string of the molecule is C.C12C3C4C1C1C2C3C41.CCCCC(C)(C)C(C)(CCCC(C)C)C(C)(CC)CCCC.CCCCC(C)(C)C(C)(CCCC(C)CC12C3C4C5C3C1C5C42)C(C)(CC)CCCC. The summed E-state index contributed by atoms with van der Waals surface area (Å²) >= 11 is 0. The Hall–Kier alpha value is 0. The number of hydrogen-bond acceptors (Lipinski definition) is 0. The summed E-state index contributed by atoms with van der Waals surface area (Å²) in [7, 11) is 0. The standard InChI is InChI=1S/C31H54.C23H48.C8H8.CH4/c1-9-12-16-28(5,6)30(8,29(7,11-3)17-13-10-2)18-14-15-20(4)19-31-25-22-21-23(25)27(31)24(21)26(22)31;1-10-13-17-21(6,7)23(9,19-15-16-20(4)5)22(8,12-3)18-14-11-2;1-2-5-3(1)7-4(1)6(2)8(5)7;/h20-27H,9-19H2,1-8H3;20H,10-19H2,1-9H3;1-8H;1H4. The summed E-state index contributed by atoms with van der Waals surface area (Å²) in [5, 5.41) is 0. The Morgan fingerprint density at radius 2 is 0.683 bits per heavy atom. The highest BCUT2D eigenvalue weighted by Crippen LogP contribution is 3.06. The average Bonchev–Trinajstić information content (AvgIpc) is 3.26. The lowest BCUT2D eigenvalue weighted by molar-refractivity contribution is -0.617. The van der Waals surface area contributed by atoms with Crippen molar-refractivity contribution in [3.05, 3.63) is 0 Å². The average molecular weight is 872 g/mol. The summed E-state index contributed by atoms with van der Waals surface area (Å²) < 4.78 is 0. The van der Waals surface area contributed by atoms with E-state index in [-0.39, 0.29) is 7.43 Å². The number of rotatable bonds is 28. The van der Waals surface area contributed by atoms with Crippen molar-refractivity contribution in [1.82, 2.24) is 0 Å². The minimum Gasteiger partial charge on any atom is -0.0776 e. The molecule has 0 aromatic heterocycles. The van der Waals surface area contributed by atoms with Gasteiger partial charge in [-0.1, -0.05) is 215 Å². The van der Waals surface area contributed by atoms with Crippen LogP contribution in [0.3, 0.4) is 0 Å². The van der Waals surface area contributed by atoms with Crippen LogP contribution in [0.2, 0.25) is 0 Å². The zero-order valence-corrected chi connectivity index (χ0v) is 45.2. The van der Waals surface area contributed by atoms with Crippen molar-refractivity contribution < 1.29 is 0 Å². The molecule has 12 aliphatic carbocycles. The largest absolute Gasteiger partial charge is 0.0776 e. The molecule has 0 nitrogen and oxygen atoms in total. The summed E-state index contributed by atoms with van der Waals surface area (Å²) in [4.78, 5) is 0. The monoisotopic (exact) mass is 871 g/mol. The Morgan fingerprint density at radius 3 is 0.984 bits per heavy atom. The van der Waals surface area contributed by atoms with Gasteiger partial charge in [-0.15, -0.1) is 0 Å². The van der Waals surface area contributed by atoms with Crippen LogP contribution in [0.5, 0.6) is 0 Å². The van der Waals surface area contributed by atoms with E-state index in [0.717, 1.165) is 17.3 Å². The Balaban J connectivity index is 0.000000161. The zero-order valence-electron chi connectivity index (χ0n) is 45.2. The Labute approximate surface area is 396 Å². The van der Waals surface area contributed by atoms with Gasteiger partial charge in [-0.2, -0.15) is 0 Å². The van der Waals surface area contributed by atoms with Crippen LogP contribution in [-0.4, -0.2) is 0 Å². The smallest absolute Gasteiger partial charge is 0.0193 e. The number of hydrogen-bond donors (Lipinski definition) is 0. The fourth-order valence-electron chi connectivity index (χ4n) is 21.3. The first-order chi connectivity index (χ1) is 29.2. The minimum atomic E-state index is 0. The van der Waals surface area contributed by atoms with Crippen LogP contribution in [0.25, 0.3) is 0 Å². The molecule has 12 saturated carbocycles. The second-order valence-electron chi connectivity index (χ2n) is 28.8. The van der Waals surface area contributed by atoms with E-state index in [9.17, 15) is 0 Å². The van der Waals surface area contributed by atoms with Crippen molar-refractivity contribution in [1.29, 1.82) is 0 Å². The Morgan fingerprint density at radius 1 is 0.381 bits per heavy atom. The maximum absolute atomic E-state index is 2.71. The van der Waals surface area contributed by atoms with Crippen LogP contribution < -0.4 is 0 Å². The molecule has 12 rings (SSSR count). The summed E-state index contributed by atoms with van der Waals surface area (Å²) in [6, 6.07) is 0. The topological polar surface area (TPSA) is 0 Å². The molecular weight excluding hydrogens is 757 g/mol. The van der Waals surface area contributed by atoms with Gasteiger partial charge in [-0.25, -0.2) is 0 Å². The van der Waals surface area contributed by atoms with Crippen LogP contribution in [0.15, 0.2) is 0 Å². The molecule has 0 heteroatoms. The summed E-state index contributed by atoms with van der Waals surface area (Å²) in [6.07, 6.45) is 29.3. The van der Waals surface area contributed by atoms with Gasteiger partial charge in [0.2, 0.25) is 0 Å². The quantitative estimate of drug-likeness (QED) is 0.0735. The van der Waals surface area contributed by atoms with Crippen LogP contribution in [-0.2, 0) is 0 Å². The van der Waals surface area contributed by atoms with Crippen molar-refractivity contribution in [2.75, 3.05) is 0 Å². The predicted molar refractivity (Wildman–Crippen MR) is 277 cm³/mol. The first-order valence-electron chi connectivity index (χ1n) is 29.2. The molecule has 0 saturated heterocycles. The molecule has 0 aromatic carbocycles. The van der Waals surface area contributed by atoms with Gasteiger partial charge in [0.25, 0.3) is 0 Å². The van der Waals surface area contributed by atoms with E-state index in [1.807, 2.05) is 0 Å². The summed E-state index contributed by atoms with van der Waals surface area (Å²) in [6.45, 7) is 42.7. The molecule has 0 radical (unpaired) electrons. The van der Waals surface area contributed by atoms with Crippen molar-refractivity contribution in [3.8, 4) is 0 Å². The van der Waals surface area contributed by atoms with Crippen molar-refractivity contribution in [3.63, 3.8) is 0 Å². The van der Waals surface area contributed by atoms with E-state index < -0.39 is 0 Å². The third-order valence-electron chi connectivity index (χ3n) is 26.2. The highest BCUT2D eigenvalue weighted by atomic mass is 15.1. The molecule has 0 N–H and O–H groups in total. The van der Waals surface area contributed by atoms with E-state index >= 15 is 0 Å². The Kier molecular flexibility index (Phi) is 14.3. The van der Waals surface area contributed by atoms with Crippen molar-refractivity contribution in [2.45, 2.75) is 260 Å². The minimum absolute atomic E-state index is 0. The molecule has 63 heavy (non-hydrogen) atoms. The second-order valence-corrected chi connectivity index (χ2v) is 28.8. The van der Waals surface area contributed by atoms with E-state index in [0.29, 0.717) is 32.5 Å². The van der Waals surface area contributed by atoms with Gasteiger partial charge in [0.1, 0.15) is 0 Å². The molecule has 12 aliphatic rings. The Bertz CT molecular complexity index is 1380. The van der Waals surface area contributed by atoms with Crippen LogP contribution in [0.1, 0.15) is 260 Å². The van der Waals surface area contributed by atoms with Gasteiger partial charge in [-0.05, 0) is 183 Å². The van der Waals surface area contributed by atoms with Gasteiger partial charge < -0.3 is 0 Å². The van der Waals surface area contributed by atoms with Crippen molar-refractivity contribution >= 4 is 0 Å². The third-order valence-corrected chi connectivity index (χ3v) is 26.2. The van der Waals surface area contributed by atoms with Gasteiger partial charge in [-0.3, -0.25) is 0 Å². The van der Waals surface area contributed by atoms with Crippen LogP contribution in [0.4, 0.5) is 0 Å². The van der Waals surface area contributed by atoms with E-state index in [2.05, 4.69) is 118 Å². The molecule has 0 aliphatic heterocycles. The molecular formula is C63H114. The highest BCUT2D eigenvalue weighted by molar-refractivity contribution is 5.50. The van der Waals surface area contributed by atoms with Gasteiger partial charge >= 0.3 is 0 Å². The zero-order chi connectivity index (χ0) is 45.2. The molecule has 0 amide bonds. The van der Waals surface area contributed by atoms with Gasteiger partial charge in [0.15, 0.2) is 0 Å². The van der Waals surface area contributed by atoms with Crippen molar-refractivity contribution in [2.24, 2.45) is 139 Å². The van der Waals surface area contributed by atoms with Crippen LogP contribution >= 0.6 is 0 Å². The molecule has 0 bridgehead atoms. The summed E-state index contributed by atoms with van der Waals surface area (Å²) in [5.41, 5.74) is 3.62. The normalized spacial score (nSPS) is 42.5. The van der Waals surface area contributed by atoms with Crippen LogP contribution in [0, 0.1) is 139 Å². The molecule has 0 aromatic rings. The molecule has 366 valence electrons.